The zero-order valence-corrected chi connectivity index (χ0v) is 51.5. The van der Waals surface area contributed by atoms with Gasteiger partial charge >= 0.3 is 17.9 Å². The number of ether oxygens (including phenoxy) is 3. The quantitative estimate of drug-likeness (QED) is 0.0261. The molecule has 0 spiro atoms. The first-order valence-electron chi connectivity index (χ1n) is 32.5. The van der Waals surface area contributed by atoms with Crippen LogP contribution >= 0.6 is 0 Å². The largest absolute Gasteiger partial charge is 0.462 e. The highest BCUT2D eigenvalue weighted by molar-refractivity contribution is 5.71. The maximum atomic E-state index is 12.9. The fraction of sp³-hybridized carbons (Fsp3) is 0.608. The van der Waals surface area contributed by atoms with E-state index in [1.807, 2.05) is 0 Å². The lowest BCUT2D eigenvalue weighted by Crippen LogP contribution is -2.30. The van der Waals surface area contributed by atoms with E-state index in [2.05, 4.69) is 179 Å². The predicted molar refractivity (Wildman–Crippen MR) is 348 cm³/mol. The summed E-state index contributed by atoms with van der Waals surface area (Å²) in [6.45, 7) is 6.36. The van der Waals surface area contributed by atoms with Gasteiger partial charge < -0.3 is 14.2 Å². The molecule has 0 aliphatic heterocycles. The molecule has 0 aromatic heterocycles. The molecule has 6 heteroatoms. The second-order valence-electron chi connectivity index (χ2n) is 20.9. The number of esters is 3. The van der Waals surface area contributed by atoms with E-state index in [1.54, 1.807) is 0 Å². The third kappa shape index (κ3) is 63.9. The van der Waals surface area contributed by atoms with Gasteiger partial charge in [-0.1, -0.05) is 281 Å². The summed E-state index contributed by atoms with van der Waals surface area (Å²) in [4.78, 5) is 38.2. The molecule has 0 heterocycles. The van der Waals surface area contributed by atoms with Crippen molar-refractivity contribution in [3.05, 3.63) is 158 Å². The number of hydrogen-bond acceptors (Lipinski definition) is 6. The van der Waals surface area contributed by atoms with Crippen molar-refractivity contribution in [2.45, 2.75) is 277 Å². The zero-order chi connectivity index (χ0) is 57.8. The Labute approximate surface area is 492 Å². The zero-order valence-electron chi connectivity index (χ0n) is 51.5. The van der Waals surface area contributed by atoms with Gasteiger partial charge in [0.2, 0.25) is 0 Å². The molecule has 80 heavy (non-hydrogen) atoms. The Morgan fingerprint density at radius 3 is 0.762 bits per heavy atom. The Hall–Kier alpha value is -4.97. The second-order valence-corrected chi connectivity index (χ2v) is 20.9. The van der Waals surface area contributed by atoms with Gasteiger partial charge in [0, 0.05) is 19.3 Å². The molecule has 0 saturated carbocycles. The number of rotatable bonds is 57. The number of carbonyl (C=O) groups excluding carboxylic acids is 3. The number of hydrogen-bond donors (Lipinski definition) is 0. The molecule has 450 valence electrons. The van der Waals surface area contributed by atoms with Crippen LogP contribution in [0.2, 0.25) is 0 Å². The molecule has 0 fully saturated rings. The smallest absolute Gasteiger partial charge is 0.306 e. The molecule has 0 N–H and O–H groups in total. The Balaban J connectivity index is 4.29. The van der Waals surface area contributed by atoms with Crippen molar-refractivity contribution < 1.29 is 28.6 Å². The van der Waals surface area contributed by atoms with Crippen molar-refractivity contribution in [1.29, 1.82) is 0 Å². The Morgan fingerprint density at radius 1 is 0.263 bits per heavy atom. The lowest BCUT2D eigenvalue weighted by atomic mass is 10.1. The van der Waals surface area contributed by atoms with Gasteiger partial charge in [-0.25, -0.2) is 0 Å². The van der Waals surface area contributed by atoms with Crippen molar-refractivity contribution in [2.24, 2.45) is 0 Å². The highest BCUT2D eigenvalue weighted by Gasteiger charge is 2.19. The van der Waals surface area contributed by atoms with Crippen LogP contribution in [0.1, 0.15) is 271 Å². The lowest BCUT2D eigenvalue weighted by Gasteiger charge is -2.18. The molecule has 1 unspecified atom stereocenters. The summed E-state index contributed by atoms with van der Waals surface area (Å²) >= 11 is 0. The Morgan fingerprint density at radius 2 is 0.487 bits per heavy atom. The van der Waals surface area contributed by atoms with Gasteiger partial charge in [0.1, 0.15) is 13.2 Å². The van der Waals surface area contributed by atoms with E-state index in [0.29, 0.717) is 19.3 Å². The van der Waals surface area contributed by atoms with E-state index in [1.165, 1.54) is 64.2 Å². The van der Waals surface area contributed by atoms with E-state index >= 15 is 0 Å². The van der Waals surface area contributed by atoms with E-state index in [0.717, 1.165) is 167 Å². The molecule has 0 aliphatic carbocycles. The second kappa shape index (κ2) is 66.5. The minimum Gasteiger partial charge on any atom is -0.462 e. The highest BCUT2D eigenvalue weighted by Crippen LogP contribution is 2.15. The molecular formula is C74H118O6. The van der Waals surface area contributed by atoms with Gasteiger partial charge in [0.25, 0.3) is 0 Å². The molecule has 0 amide bonds. The monoisotopic (exact) mass is 1100 g/mol. The maximum absolute atomic E-state index is 12.9. The van der Waals surface area contributed by atoms with Crippen molar-refractivity contribution in [3.63, 3.8) is 0 Å². The number of carbonyl (C=O) groups is 3. The van der Waals surface area contributed by atoms with Gasteiger partial charge in [0.05, 0.1) is 0 Å². The first-order valence-corrected chi connectivity index (χ1v) is 32.5. The molecular weight excluding hydrogens is 985 g/mol. The van der Waals surface area contributed by atoms with Gasteiger partial charge in [-0.2, -0.15) is 0 Å². The van der Waals surface area contributed by atoms with Crippen LogP contribution in [0.4, 0.5) is 0 Å². The molecule has 0 aromatic rings. The first kappa shape index (κ1) is 75.0. The van der Waals surface area contributed by atoms with Crippen LogP contribution in [0.3, 0.4) is 0 Å². The minimum absolute atomic E-state index is 0.0925. The molecule has 1 atom stereocenters. The van der Waals surface area contributed by atoms with E-state index in [-0.39, 0.29) is 31.1 Å². The summed E-state index contributed by atoms with van der Waals surface area (Å²) in [6, 6.07) is 0. The van der Waals surface area contributed by atoms with E-state index in [9.17, 15) is 14.4 Å². The molecule has 0 rings (SSSR count). The number of allylic oxidation sites excluding steroid dienone is 26. The average molecular weight is 1100 g/mol. The van der Waals surface area contributed by atoms with Crippen molar-refractivity contribution in [3.8, 4) is 0 Å². The molecule has 0 bridgehead atoms. The molecule has 0 radical (unpaired) electrons. The van der Waals surface area contributed by atoms with Crippen LogP contribution in [-0.2, 0) is 28.6 Å². The summed E-state index contributed by atoms with van der Waals surface area (Å²) in [5.74, 6) is -0.928. The van der Waals surface area contributed by atoms with Gasteiger partial charge in [-0.05, 0) is 128 Å². The summed E-state index contributed by atoms with van der Waals surface area (Å²) < 4.78 is 16.8. The fourth-order valence-electron chi connectivity index (χ4n) is 8.48. The summed E-state index contributed by atoms with van der Waals surface area (Å²) in [7, 11) is 0. The Bertz CT molecular complexity index is 1790. The topological polar surface area (TPSA) is 78.9 Å². The van der Waals surface area contributed by atoms with Crippen LogP contribution in [-0.4, -0.2) is 37.2 Å². The predicted octanol–water partition coefficient (Wildman–Crippen LogP) is 22.5. The number of unbranched alkanes of at least 4 members (excludes halogenated alkanes) is 20. The van der Waals surface area contributed by atoms with Crippen LogP contribution in [0.15, 0.2) is 158 Å². The molecule has 0 aliphatic rings. The van der Waals surface area contributed by atoms with Gasteiger partial charge in [-0.15, -0.1) is 0 Å². The van der Waals surface area contributed by atoms with E-state index in [4.69, 9.17) is 14.2 Å². The normalized spacial score (nSPS) is 13.2. The van der Waals surface area contributed by atoms with Crippen molar-refractivity contribution in [1.82, 2.24) is 0 Å². The molecule has 0 saturated heterocycles. The van der Waals surface area contributed by atoms with Crippen LogP contribution in [0.5, 0.6) is 0 Å². The molecule has 6 nitrogen and oxygen atoms in total. The Kier molecular flexibility index (Phi) is 62.4. The minimum atomic E-state index is -0.797. The average Bonchev–Trinajstić information content (AvgIpc) is 3.46. The third-order valence-electron chi connectivity index (χ3n) is 13.3. The van der Waals surface area contributed by atoms with Crippen LogP contribution in [0, 0.1) is 0 Å². The first-order chi connectivity index (χ1) is 39.5. The summed E-state index contributed by atoms with van der Waals surface area (Å²) in [5.41, 5.74) is 0. The van der Waals surface area contributed by atoms with E-state index < -0.39 is 6.10 Å². The van der Waals surface area contributed by atoms with Gasteiger partial charge in [-0.3, -0.25) is 14.4 Å². The van der Waals surface area contributed by atoms with Crippen molar-refractivity contribution >= 4 is 17.9 Å². The maximum Gasteiger partial charge on any atom is 0.306 e. The fourth-order valence-corrected chi connectivity index (χ4v) is 8.48. The van der Waals surface area contributed by atoms with Gasteiger partial charge in [0.15, 0.2) is 6.10 Å². The summed E-state index contributed by atoms with van der Waals surface area (Å²) in [5, 5.41) is 0. The summed E-state index contributed by atoms with van der Waals surface area (Å²) in [6.07, 6.45) is 96.9. The SMILES string of the molecule is CC/C=C\C/C=C\C/C=C\C/C=C\C/C=C\C/C=C\C/C=C\CCCCCCCC(=O)OCC(COC(=O)CCCCCCCCCC)OC(=O)CCCCCCCCCC/C=C\C/C=C\C/C=C\C/C=C\C/C=C\C/C=C\CC. The third-order valence-corrected chi connectivity index (χ3v) is 13.3. The molecule has 0 aromatic carbocycles. The lowest BCUT2D eigenvalue weighted by molar-refractivity contribution is -0.167. The van der Waals surface area contributed by atoms with Crippen molar-refractivity contribution in [2.75, 3.05) is 13.2 Å². The van der Waals surface area contributed by atoms with Crippen LogP contribution in [0.25, 0.3) is 0 Å². The van der Waals surface area contributed by atoms with Crippen LogP contribution < -0.4 is 0 Å². The standard InChI is InChI=1S/C74H118O6/c1-4-7-10-13-16-19-21-23-25-27-29-31-33-35-37-39-41-43-45-47-49-51-53-55-58-61-64-67-73(76)79-70-71(69-78-72(75)66-63-60-57-18-15-12-9-6-3)80-74(77)68-65-62-59-56-54-52-50-48-46-44-42-40-38-36-34-32-30-28-26-24-22-20-17-14-11-8-5-2/h7-8,10-11,16-17,19-20,23-26,29-32,35-38,41-44,47,49,71H,4-6,9,12-15,18,21-22,27-28,33-34,39-40,45-46,48,50-70H2,1-3H3/b10-7-,11-8-,19-16-,20-17-,25-23-,26-24-,31-29-,32-30-,37-35-,38-36-,43-41-,44-42-,49-47-. The highest BCUT2D eigenvalue weighted by atomic mass is 16.6.